The van der Waals surface area contributed by atoms with E-state index in [2.05, 4.69) is 195 Å². The maximum absolute atomic E-state index is 10.0. The van der Waals surface area contributed by atoms with Gasteiger partial charge in [0.15, 0.2) is 5.78 Å². The molecule has 13 rings (SSSR count). The van der Waals surface area contributed by atoms with Crippen LogP contribution in [-0.2, 0) is 30.3 Å². The maximum atomic E-state index is 10.0. The molecule has 3 heterocycles. The summed E-state index contributed by atoms with van der Waals surface area (Å²) in [6.07, 6.45) is 1.17. The quantitative estimate of drug-likeness (QED) is 0.0825. The van der Waals surface area contributed by atoms with Crippen LogP contribution in [0, 0.1) is 19.1 Å². The number of fused-ring (bicyclic) bond motifs is 13. The average Bonchev–Trinajstić information content (AvgIpc) is 4.00. The van der Waals surface area contributed by atoms with Crippen LogP contribution in [0.5, 0.6) is 0 Å². The first-order chi connectivity index (χ1) is 33.6. The number of aliphatic hydroxyl groups excluding tert-OH is 1. The molecule has 0 saturated heterocycles. The van der Waals surface area contributed by atoms with Gasteiger partial charge in [0.25, 0.3) is 0 Å². The number of hydrogen-bond acceptors (Lipinski definition) is 5. The summed E-state index contributed by atoms with van der Waals surface area (Å²) in [6, 6.07) is 71.1. The van der Waals surface area contributed by atoms with Gasteiger partial charge < -0.3 is 5.11 Å². The Morgan fingerprint density at radius 2 is 1.36 bits per heavy atom. The fourth-order valence-corrected chi connectivity index (χ4v) is 11.4. The van der Waals surface area contributed by atoms with Crippen molar-refractivity contribution in [1.82, 2.24) is 14.5 Å². The fourth-order valence-electron chi connectivity index (χ4n) is 10.2. The fraction of sp³-hybridized carbons (Fsp3) is 0.0952. The molecular formula is C63H47IrN3O2S-2. The molecule has 0 bridgehead atoms. The normalized spacial score (nSPS) is 12.6. The van der Waals surface area contributed by atoms with Gasteiger partial charge in [-0.1, -0.05) is 160 Å². The Labute approximate surface area is 424 Å². The number of carbonyl (C=O) groups excluding carboxylic acids is 1. The number of benzene rings is 9. The van der Waals surface area contributed by atoms with Gasteiger partial charge in [-0.05, 0) is 42.5 Å². The second-order valence-corrected chi connectivity index (χ2v) is 19.2. The van der Waals surface area contributed by atoms with E-state index in [4.69, 9.17) is 15.1 Å². The van der Waals surface area contributed by atoms with Gasteiger partial charge in [-0.3, -0.25) is 9.36 Å². The molecular weight excluding hydrogens is 1050 g/mol. The van der Waals surface area contributed by atoms with E-state index in [1.54, 1.807) is 0 Å². The molecule has 0 aliphatic heterocycles. The molecule has 0 fully saturated rings. The molecule has 5 nitrogen and oxygen atoms in total. The third-order valence-corrected chi connectivity index (χ3v) is 14.4. The smallest absolute Gasteiger partial charge is 0.235 e. The summed E-state index contributed by atoms with van der Waals surface area (Å²) in [7, 11) is 0. The van der Waals surface area contributed by atoms with Gasteiger partial charge in [0.05, 0.1) is 32.9 Å². The Bertz CT molecular complexity index is 4000. The second kappa shape index (κ2) is 18.8. The SMILES string of the molecule is CC(=O)C=C(C)O.CC1(C)c2ccccc2-c2c1c1ccc3c4ccccc4sc3c1n2-c1nc(-c2ccccc2)c2ccc3ccccc3c2n1.Cc1cc2ccccc2[c-]c1-c1[c-]cccc1.[Ir]. The molecule has 70 heavy (non-hydrogen) atoms. The van der Waals surface area contributed by atoms with Gasteiger partial charge in [0, 0.05) is 74.4 Å². The van der Waals surface area contributed by atoms with Crippen molar-refractivity contribution in [3.05, 3.63) is 223 Å². The number of rotatable bonds is 4. The number of aromatic nitrogens is 3. The first kappa shape index (κ1) is 46.2. The van der Waals surface area contributed by atoms with Gasteiger partial charge in [0.2, 0.25) is 5.95 Å². The summed E-state index contributed by atoms with van der Waals surface area (Å²) in [4.78, 5) is 21.0. The second-order valence-electron chi connectivity index (χ2n) is 18.2. The third kappa shape index (κ3) is 8.10. The third-order valence-electron chi connectivity index (χ3n) is 13.2. The van der Waals surface area contributed by atoms with Crippen LogP contribution in [0.1, 0.15) is 44.4 Å². The predicted octanol–water partition coefficient (Wildman–Crippen LogP) is 16.5. The molecule has 1 N–H and O–H groups in total. The minimum absolute atomic E-state index is 0. The van der Waals surface area contributed by atoms with Crippen molar-refractivity contribution >= 4 is 80.6 Å². The van der Waals surface area contributed by atoms with Crippen LogP contribution < -0.4 is 0 Å². The van der Waals surface area contributed by atoms with Gasteiger partial charge in [-0.25, -0.2) is 15.5 Å². The Morgan fingerprint density at radius 3 is 2.11 bits per heavy atom. The number of allylic oxidation sites excluding steroid dienone is 2. The van der Waals surface area contributed by atoms with Crippen LogP contribution >= 0.6 is 11.3 Å². The molecule has 0 spiro atoms. The van der Waals surface area contributed by atoms with E-state index in [1.165, 1.54) is 89.7 Å². The van der Waals surface area contributed by atoms with Crippen LogP contribution in [-0.4, -0.2) is 25.4 Å². The summed E-state index contributed by atoms with van der Waals surface area (Å²) in [5.41, 5.74) is 12.7. The number of hydrogen-bond donors (Lipinski definition) is 1. The molecule has 9 aromatic carbocycles. The van der Waals surface area contributed by atoms with E-state index in [0.29, 0.717) is 5.95 Å². The standard InChI is InChI=1S/C41H27N3S.C17H12.C5H8O2.Ir/c1-41(2)32-18-10-8-17-29(32)37-34(41)30-23-22-28-27-16-9-11-19-33(27)45-39(28)38(30)44(37)40-42-35(25-13-4-3-5-14-25)31-21-20-24-12-6-7-15-26(24)36(31)43-40;1-13-11-15-9-5-6-10-16(15)12-17(13)14-7-3-2-4-8-14;1-4(6)3-5(2)7;/h3-23H,1-2H3;2-7,9-11H,1H3;3,6H,1-2H3;/q;-2;;. The van der Waals surface area contributed by atoms with Crippen molar-refractivity contribution in [1.29, 1.82) is 0 Å². The minimum Gasteiger partial charge on any atom is -0.512 e. The molecule has 1 aliphatic rings. The van der Waals surface area contributed by atoms with Crippen molar-refractivity contribution in [2.45, 2.75) is 40.0 Å². The van der Waals surface area contributed by atoms with Crippen LogP contribution in [0.15, 0.2) is 194 Å². The molecule has 343 valence electrons. The molecule has 0 amide bonds. The first-order valence-corrected chi connectivity index (χ1v) is 24.0. The Balaban J connectivity index is 0.000000188. The van der Waals surface area contributed by atoms with E-state index in [1.807, 2.05) is 35.6 Å². The molecule has 12 aromatic rings. The zero-order valence-electron chi connectivity index (χ0n) is 39.3. The largest absolute Gasteiger partial charge is 0.512 e. The minimum atomic E-state index is -0.175. The van der Waals surface area contributed by atoms with Crippen LogP contribution in [0.3, 0.4) is 0 Å². The monoisotopic (exact) mass is 1100 g/mol. The van der Waals surface area contributed by atoms with Crippen molar-refractivity contribution < 1.29 is 30.0 Å². The first-order valence-electron chi connectivity index (χ1n) is 23.2. The number of nitrogens with zero attached hydrogens (tertiary/aromatic N) is 3. The Kier molecular flexibility index (Phi) is 12.4. The number of carbonyl (C=O) groups is 1. The van der Waals surface area contributed by atoms with Crippen molar-refractivity contribution in [2.75, 3.05) is 0 Å². The number of aryl methyl sites for hydroxylation is 1. The zero-order valence-corrected chi connectivity index (χ0v) is 42.5. The van der Waals surface area contributed by atoms with Crippen molar-refractivity contribution in [3.63, 3.8) is 0 Å². The predicted molar refractivity (Wildman–Crippen MR) is 289 cm³/mol. The number of thiophene rings is 1. The van der Waals surface area contributed by atoms with Gasteiger partial charge in [-0.15, -0.1) is 34.9 Å². The van der Waals surface area contributed by atoms with Gasteiger partial charge in [0.1, 0.15) is 0 Å². The molecule has 1 aliphatic carbocycles. The summed E-state index contributed by atoms with van der Waals surface area (Å²) < 4.78 is 4.96. The molecule has 0 atom stereocenters. The van der Waals surface area contributed by atoms with Gasteiger partial charge in [-0.2, -0.15) is 41.5 Å². The van der Waals surface area contributed by atoms with E-state index < -0.39 is 0 Å². The van der Waals surface area contributed by atoms with Gasteiger partial charge >= 0.3 is 0 Å². The molecule has 1 radical (unpaired) electrons. The van der Waals surface area contributed by atoms with Crippen LogP contribution in [0.25, 0.3) is 103 Å². The number of ketones is 1. The summed E-state index contributed by atoms with van der Waals surface area (Å²) in [5, 5.41) is 18.0. The van der Waals surface area contributed by atoms with E-state index in [-0.39, 0.29) is 37.1 Å². The molecule has 0 saturated carbocycles. The average molecular weight is 1100 g/mol. The van der Waals surface area contributed by atoms with Crippen molar-refractivity contribution in [3.8, 4) is 39.6 Å². The van der Waals surface area contributed by atoms with E-state index in [0.717, 1.165) is 44.1 Å². The maximum Gasteiger partial charge on any atom is 0.235 e. The molecule has 7 heteroatoms. The summed E-state index contributed by atoms with van der Waals surface area (Å²) in [6.45, 7) is 9.70. The Morgan fingerprint density at radius 1 is 0.686 bits per heavy atom. The van der Waals surface area contributed by atoms with E-state index in [9.17, 15) is 4.79 Å². The topological polar surface area (TPSA) is 68.0 Å². The number of aliphatic hydroxyl groups is 1. The molecule has 3 aromatic heterocycles. The molecule has 0 unspecified atom stereocenters. The zero-order chi connectivity index (χ0) is 47.4. The van der Waals surface area contributed by atoms with Crippen molar-refractivity contribution in [2.24, 2.45) is 0 Å². The summed E-state index contributed by atoms with van der Waals surface area (Å²) >= 11 is 1.87. The summed E-state index contributed by atoms with van der Waals surface area (Å²) in [5.74, 6) is 0.647. The Hall–Kier alpha value is -7.54. The van der Waals surface area contributed by atoms with Crippen LogP contribution in [0.4, 0.5) is 0 Å². The van der Waals surface area contributed by atoms with Crippen LogP contribution in [0.2, 0.25) is 0 Å². The van der Waals surface area contributed by atoms with E-state index >= 15 is 0 Å².